The van der Waals surface area contributed by atoms with Gasteiger partial charge in [-0.2, -0.15) is 0 Å². The number of benzene rings is 2. The molecule has 1 heterocycles. The van der Waals surface area contributed by atoms with Gasteiger partial charge in [-0.15, -0.1) is 10.2 Å². The van der Waals surface area contributed by atoms with Crippen molar-refractivity contribution in [3.05, 3.63) is 66.1 Å². The molecule has 0 atom stereocenters. The van der Waals surface area contributed by atoms with Crippen molar-refractivity contribution >= 4 is 5.91 Å². The van der Waals surface area contributed by atoms with E-state index in [0.29, 0.717) is 18.2 Å². The summed E-state index contributed by atoms with van der Waals surface area (Å²) in [7, 11) is 1.62. The first kappa shape index (κ1) is 18.6. The number of carbonyl (C=O) groups is 1. The van der Waals surface area contributed by atoms with Gasteiger partial charge in [0.2, 0.25) is 17.7 Å². The lowest BCUT2D eigenvalue weighted by molar-refractivity contribution is -0.133. The highest BCUT2D eigenvalue weighted by Gasteiger charge is 2.21. The summed E-state index contributed by atoms with van der Waals surface area (Å²) < 4.78 is 10.9. The minimum Gasteiger partial charge on any atom is -0.497 e. The second-order valence-corrected chi connectivity index (χ2v) is 6.51. The Labute approximate surface area is 158 Å². The number of rotatable bonds is 7. The Morgan fingerprint density at radius 1 is 1.07 bits per heavy atom. The van der Waals surface area contributed by atoms with Crippen molar-refractivity contribution in [3.8, 4) is 17.2 Å². The van der Waals surface area contributed by atoms with E-state index >= 15 is 0 Å². The van der Waals surface area contributed by atoms with Gasteiger partial charge in [0.1, 0.15) is 5.75 Å². The summed E-state index contributed by atoms with van der Waals surface area (Å²) in [6.45, 7) is 4.23. The quantitative estimate of drug-likeness (QED) is 0.638. The van der Waals surface area contributed by atoms with Crippen LogP contribution in [-0.4, -0.2) is 34.2 Å². The van der Waals surface area contributed by atoms with E-state index in [1.165, 1.54) is 0 Å². The second-order valence-electron chi connectivity index (χ2n) is 6.51. The van der Waals surface area contributed by atoms with Crippen LogP contribution in [0.5, 0.6) is 5.75 Å². The average Bonchev–Trinajstić information content (AvgIpc) is 3.16. The zero-order valence-electron chi connectivity index (χ0n) is 15.8. The van der Waals surface area contributed by atoms with E-state index in [-0.39, 0.29) is 18.5 Å². The molecule has 0 aliphatic carbocycles. The fourth-order valence-corrected chi connectivity index (χ4v) is 2.74. The Morgan fingerprint density at radius 2 is 1.78 bits per heavy atom. The molecule has 0 N–H and O–H groups in total. The molecular weight excluding hydrogens is 342 g/mol. The molecular formula is C21H23N3O3. The molecule has 3 rings (SSSR count). The molecule has 1 amide bonds. The Morgan fingerprint density at radius 3 is 2.41 bits per heavy atom. The van der Waals surface area contributed by atoms with Gasteiger partial charge in [0.05, 0.1) is 20.1 Å². The van der Waals surface area contributed by atoms with Gasteiger partial charge in [0.15, 0.2) is 0 Å². The molecule has 2 aromatic carbocycles. The lowest BCUT2D eigenvalue weighted by Crippen LogP contribution is -2.37. The molecule has 0 unspecified atom stereocenters. The predicted molar refractivity (Wildman–Crippen MR) is 102 cm³/mol. The van der Waals surface area contributed by atoms with E-state index in [4.69, 9.17) is 9.15 Å². The van der Waals surface area contributed by atoms with Crippen LogP contribution in [0.25, 0.3) is 11.5 Å². The molecule has 6 nitrogen and oxygen atoms in total. The van der Waals surface area contributed by atoms with Crippen LogP contribution in [0.2, 0.25) is 0 Å². The number of methoxy groups -OCH3 is 1. The Bertz CT molecular complexity index is 873. The summed E-state index contributed by atoms with van der Waals surface area (Å²) in [5.74, 6) is 1.66. The Balaban J connectivity index is 1.70. The van der Waals surface area contributed by atoms with Crippen LogP contribution in [-0.2, 0) is 17.8 Å². The Hall–Kier alpha value is -3.15. The van der Waals surface area contributed by atoms with E-state index in [2.05, 4.69) is 10.2 Å². The van der Waals surface area contributed by atoms with E-state index in [1.54, 1.807) is 12.0 Å². The van der Waals surface area contributed by atoms with Gasteiger partial charge in [-0.05, 0) is 43.7 Å². The van der Waals surface area contributed by atoms with Crippen LogP contribution in [0.3, 0.4) is 0 Å². The number of hydrogen-bond donors (Lipinski definition) is 0. The van der Waals surface area contributed by atoms with Crippen molar-refractivity contribution in [2.24, 2.45) is 0 Å². The number of nitrogens with zero attached hydrogens (tertiary/aromatic N) is 3. The summed E-state index contributed by atoms with van der Waals surface area (Å²) in [5, 5.41) is 8.19. The summed E-state index contributed by atoms with van der Waals surface area (Å²) in [4.78, 5) is 14.5. The highest BCUT2D eigenvalue weighted by atomic mass is 16.5. The first-order chi connectivity index (χ1) is 13.1. The molecule has 0 aliphatic heterocycles. The molecule has 0 aliphatic rings. The number of aromatic nitrogens is 2. The molecule has 1 aromatic heterocycles. The lowest BCUT2D eigenvalue weighted by atomic mass is 10.1. The van der Waals surface area contributed by atoms with Gasteiger partial charge < -0.3 is 14.1 Å². The van der Waals surface area contributed by atoms with Gasteiger partial charge >= 0.3 is 0 Å². The molecule has 0 fully saturated rings. The van der Waals surface area contributed by atoms with Crippen molar-refractivity contribution in [3.63, 3.8) is 0 Å². The van der Waals surface area contributed by atoms with Crippen molar-refractivity contribution in [2.75, 3.05) is 7.11 Å². The Kier molecular flexibility index (Phi) is 5.86. The minimum atomic E-state index is 0.00891. The molecule has 0 radical (unpaired) electrons. The van der Waals surface area contributed by atoms with E-state index in [9.17, 15) is 4.79 Å². The van der Waals surface area contributed by atoms with Crippen LogP contribution in [0, 0.1) is 0 Å². The predicted octanol–water partition coefficient (Wildman–Crippen LogP) is 3.72. The minimum absolute atomic E-state index is 0.00891. The third-order valence-electron chi connectivity index (χ3n) is 4.25. The molecule has 6 heteroatoms. The van der Waals surface area contributed by atoms with Crippen molar-refractivity contribution < 1.29 is 13.9 Å². The fourth-order valence-electron chi connectivity index (χ4n) is 2.74. The smallest absolute Gasteiger partial charge is 0.247 e. The SMILES string of the molecule is COc1ccc(CC(=O)N(Cc2nnc(-c3ccccc3)o2)C(C)C)cc1. The molecule has 3 aromatic rings. The van der Waals surface area contributed by atoms with Gasteiger partial charge in [-0.1, -0.05) is 30.3 Å². The van der Waals surface area contributed by atoms with Crippen molar-refractivity contribution in [1.82, 2.24) is 15.1 Å². The third-order valence-corrected chi connectivity index (χ3v) is 4.25. The zero-order chi connectivity index (χ0) is 19.2. The van der Waals surface area contributed by atoms with E-state index in [1.807, 2.05) is 68.4 Å². The maximum absolute atomic E-state index is 12.8. The van der Waals surface area contributed by atoms with Crippen molar-refractivity contribution in [1.29, 1.82) is 0 Å². The molecule has 0 bridgehead atoms. The summed E-state index contributed by atoms with van der Waals surface area (Å²) in [6.07, 6.45) is 0.307. The van der Waals surface area contributed by atoms with Crippen LogP contribution < -0.4 is 4.74 Å². The van der Waals surface area contributed by atoms with Crippen LogP contribution in [0.1, 0.15) is 25.3 Å². The molecule has 0 saturated carbocycles. The summed E-state index contributed by atoms with van der Waals surface area (Å²) in [6, 6.07) is 17.1. The molecule has 0 saturated heterocycles. The first-order valence-electron chi connectivity index (χ1n) is 8.87. The first-order valence-corrected chi connectivity index (χ1v) is 8.87. The zero-order valence-corrected chi connectivity index (χ0v) is 15.8. The largest absolute Gasteiger partial charge is 0.497 e. The topological polar surface area (TPSA) is 68.5 Å². The number of carbonyl (C=O) groups excluding carboxylic acids is 1. The number of amides is 1. The maximum Gasteiger partial charge on any atom is 0.247 e. The average molecular weight is 365 g/mol. The van der Waals surface area contributed by atoms with E-state index in [0.717, 1.165) is 16.9 Å². The second kappa shape index (κ2) is 8.49. The molecule has 27 heavy (non-hydrogen) atoms. The van der Waals surface area contributed by atoms with Gasteiger partial charge in [-0.3, -0.25) is 4.79 Å². The molecule has 140 valence electrons. The number of hydrogen-bond acceptors (Lipinski definition) is 5. The lowest BCUT2D eigenvalue weighted by Gasteiger charge is -2.25. The summed E-state index contributed by atoms with van der Waals surface area (Å²) in [5.41, 5.74) is 1.79. The van der Waals surface area contributed by atoms with Crippen LogP contribution in [0.4, 0.5) is 0 Å². The van der Waals surface area contributed by atoms with Crippen LogP contribution in [0.15, 0.2) is 59.0 Å². The van der Waals surface area contributed by atoms with Gasteiger partial charge in [-0.25, -0.2) is 0 Å². The fraction of sp³-hybridized carbons (Fsp3) is 0.286. The van der Waals surface area contributed by atoms with Gasteiger partial charge in [0, 0.05) is 11.6 Å². The van der Waals surface area contributed by atoms with Crippen LogP contribution >= 0.6 is 0 Å². The monoisotopic (exact) mass is 365 g/mol. The van der Waals surface area contributed by atoms with E-state index < -0.39 is 0 Å². The maximum atomic E-state index is 12.8. The highest BCUT2D eigenvalue weighted by Crippen LogP contribution is 2.19. The standard InChI is InChI=1S/C21H23N3O3/c1-15(2)24(20(25)13-16-9-11-18(26-3)12-10-16)14-19-22-23-21(27-19)17-7-5-4-6-8-17/h4-12,15H,13-14H2,1-3H3. The number of ether oxygens (including phenoxy) is 1. The van der Waals surface area contributed by atoms with Crippen molar-refractivity contribution in [2.45, 2.75) is 32.9 Å². The highest BCUT2D eigenvalue weighted by molar-refractivity contribution is 5.79. The summed E-state index contributed by atoms with van der Waals surface area (Å²) >= 11 is 0. The normalized spacial score (nSPS) is 10.8. The molecule has 0 spiro atoms. The third kappa shape index (κ3) is 4.73. The van der Waals surface area contributed by atoms with Gasteiger partial charge in [0.25, 0.3) is 0 Å².